The monoisotopic (exact) mass is 282 g/mol. The third kappa shape index (κ3) is 2.23. The lowest BCUT2D eigenvalue weighted by molar-refractivity contribution is -0.131. The summed E-state index contributed by atoms with van der Waals surface area (Å²) < 4.78 is 5.09. The number of ether oxygens (including phenoxy) is 1. The predicted molar refractivity (Wildman–Crippen MR) is 76.4 cm³/mol. The van der Waals surface area contributed by atoms with Crippen LogP contribution in [-0.4, -0.2) is 16.9 Å². The molecule has 0 heterocycles. The molecule has 1 aliphatic rings. The van der Waals surface area contributed by atoms with Crippen LogP contribution >= 0.6 is 0 Å². The molecule has 3 rings (SSSR count). The molecule has 4 heteroatoms. The molecule has 0 saturated heterocycles. The Morgan fingerprint density at radius 1 is 1.19 bits per heavy atom. The Hall–Kier alpha value is -2.46. The number of aliphatic hydroxyl groups is 1. The molecule has 0 unspecified atom stereocenters. The molecule has 21 heavy (non-hydrogen) atoms. The number of carbonyl (C=O) groups is 2. The van der Waals surface area contributed by atoms with Crippen LogP contribution in [0.2, 0.25) is 0 Å². The van der Waals surface area contributed by atoms with Crippen LogP contribution in [0.3, 0.4) is 0 Å². The van der Waals surface area contributed by atoms with Gasteiger partial charge in [0.1, 0.15) is 5.75 Å². The summed E-state index contributed by atoms with van der Waals surface area (Å²) in [5.74, 6) is -0.366. The quantitative estimate of drug-likeness (QED) is 0.578. The predicted octanol–water partition coefficient (Wildman–Crippen LogP) is 2.24. The number of carbonyl (C=O) groups excluding carboxylic acids is 2. The van der Waals surface area contributed by atoms with Gasteiger partial charge in [-0.25, -0.2) is 0 Å². The second-order valence-corrected chi connectivity index (χ2v) is 4.99. The highest BCUT2D eigenvalue weighted by Crippen LogP contribution is 2.34. The van der Waals surface area contributed by atoms with Gasteiger partial charge in [-0.2, -0.15) is 0 Å². The van der Waals surface area contributed by atoms with Gasteiger partial charge < -0.3 is 9.84 Å². The molecule has 0 fully saturated rings. The van der Waals surface area contributed by atoms with Gasteiger partial charge in [0, 0.05) is 23.6 Å². The lowest BCUT2D eigenvalue weighted by atomic mass is 9.82. The van der Waals surface area contributed by atoms with Crippen molar-refractivity contribution >= 4 is 11.8 Å². The van der Waals surface area contributed by atoms with E-state index in [1.807, 2.05) is 18.2 Å². The smallest absolute Gasteiger partial charge is 0.308 e. The van der Waals surface area contributed by atoms with Crippen molar-refractivity contribution < 1.29 is 19.4 Å². The van der Waals surface area contributed by atoms with Crippen LogP contribution in [0.4, 0.5) is 0 Å². The van der Waals surface area contributed by atoms with Crippen molar-refractivity contribution in [2.24, 2.45) is 0 Å². The highest BCUT2D eigenvalue weighted by molar-refractivity contribution is 6.13. The third-order valence-electron chi connectivity index (χ3n) is 3.64. The number of rotatable bonds is 2. The van der Waals surface area contributed by atoms with E-state index in [1.54, 1.807) is 18.2 Å². The highest BCUT2D eigenvalue weighted by Gasteiger charge is 2.27. The second kappa shape index (κ2) is 5.14. The number of hydrogen-bond donors (Lipinski definition) is 1. The Bertz CT molecular complexity index is 746. The van der Waals surface area contributed by atoms with Crippen LogP contribution < -0.4 is 4.74 Å². The first-order valence-corrected chi connectivity index (χ1v) is 6.68. The van der Waals surface area contributed by atoms with Gasteiger partial charge in [0.25, 0.3) is 0 Å². The van der Waals surface area contributed by atoms with Crippen molar-refractivity contribution in [1.29, 1.82) is 0 Å². The zero-order valence-electron chi connectivity index (χ0n) is 11.6. The fraction of sp³-hybridized carbons (Fsp3) is 0.176. The van der Waals surface area contributed by atoms with E-state index in [4.69, 9.17) is 4.74 Å². The SMILES string of the molecule is CC(=O)Oc1ccc2c(c1CO)C(=O)c1ccccc1C2. The zero-order chi connectivity index (χ0) is 15.0. The molecule has 1 N–H and O–H groups in total. The normalized spacial score (nSPS) is 12.6. The van der Waals surface area contributed by atoms with Crippen molar-refractivity contribution in [1.82, 2.24) is 0 Å². The Labute approximate surface area is 122 Å². The van der Waals surface area contributed by atoms with Gasteiger partial charge in [-0.05, 0) is 23.6 Å². The molecule has 2 aromatic carbocycles. The summed E-state index contributed by atoms with van der Waals surface area (Å²) in [5.41, 5.74) is 3.29. The first-order chi connectivity index (χ1) is 10.1. The van der Waals surface area contributed by atoms with Crippen LogP contribution in [0.25, 0.3) is 0 Å². The van der Waals surface area contributed by atoms with Crippen LogP contribution in [-0.2, 0) is 17.8 Å². The Morgan fingerprint density at radius 3 is 2.67 bits per heavy atom. The van der Waals surface area contributed by atoms with Gasteiger partial charge in [-0.3, -0.25) is 9.59 Å². The molecule has 0 spiro atoms. The van der Waals surface area contributed by atoms with Gasteiger partial charge in [-0.15, -0.1) is 0 Å². The number of fused-ring (bicyclic) bond motifs is 2. The molecule has 0 amide bonds. The lowest BCUT2D eigenvalue weighted by Gasteiger charge is -2.22. The number of benzene rings is 2. The Morgan fingerprint density at radius 2 is 1.95 bits per heavy atom. The lowest BCUT2D eigenvalue weighted by Crippen LogP contribution is -2.18. The summed E-state index contributed by atoms with van der Waals surface area (Å²) in [6.07, 6.45) is 0.630. The average molecular weight is 282 g/mol. The number of aliphatic hydroxyl groups excluding tert-OH is 1. The van der Waals surface area contributed by atoms with E-state index in [9.17, 15) is 14.7 Å². The van der Waals surface area contributed by atoms with E-state index in [1.165, 1.54) is 6.92 Å². The Balaban J connectivity index is 2.17. The average Bonchev–Trinajstić information content (AvgIpc) is 2.47. The fourth-order valence-electron chi connectivity index (χ4n) is 2.75. The standard InChI is InChI=1S/C17H14O4/c1-10(19)21-15-7-6-12-8-11-4-2-3-5-13(11)17(20)16(12)14(15)9-18/h2-7,18H,8-9H2,1H3. The molecule has 0 radical (unpaired) electrons. The molecule has 0 atom stereocenters. The molecule has 0 aliphatic heterocycles. The first kappa shape index (κ1) is 13.5. The number of esters is 1. The zero-order valence-corrected chi connectivity index (χ0v) is 11.6. The van der Waals surface area contributed by atoms with Gasteiger partial charge in [0.05, 0.1) is 6.61 Å². The van der Waals surface area contributed by atoms with Crippen molar-refractivity contribution in [3.8, 4) is 5.75 Å². The topological polar surface area (TPSA) is 63.6 Å². The van der Waals surface area contributed by atoms with Gasteiger partial charge in [0.15, 0.2) is 5.78 Å². The fourth-order valence-corrected chi connectivity index (χ4v) is 2.75. The van der Waals surface area contributed by atoms with E-state index < -0.39 is 5.97 Å². The van der Waals surface area contributed by atoms with Gasteiger partial charge in [0.2, 0.25) is 0 Å². The summed E-state index contributed by atoms with van der Waals surface area (Å²) in [4.78, 5) is 23.8. The number of hydrogen-bond acceptors (Lipinski definition) is 4. The van der Waals surface area contributed by atoms with Crippen LogP contribution in [0.5, 0.6) is 5.75 Å². The number of ketones is 1. The van der Waals surface area contributed by atoms with Crippen LogP contribution in [0.15, 0.2) is 36.4 Å². The van der Waals surface area contributed by atoms with Crippen molar-refractivity contribution in [2.75, 3.05) is 0 Å². The largest absolute Gasteiger partial charge is 0.426 e. The summed E-state index contributed by atoms with van der Waals surface area (Å²) in [5, 5.41) is 9.61. The molecule has 1 aliphatic carbocycles. The molecular weight excluding hydrogens is 268 g/mol. The summed E-state index contributed by atoms with van der Waals surface area (Å²) in [7, 11) is 0. The molecular formula is C17H14O4. The Kier molecular flexibility index (Phi) is 3.31. The van der Waals surface area contributed by atoms with Gasteiger partial charge >= 0.3 is 5.97 Å². The van der Waals surface area contributed by atoms with Crippen molar-refractivity contribution in [2.45, 2.75) is 20.0 Å². The molecule has 106 valence electrons. The summed E-state index contributed by atoms with van der Waals surface area (Å²) >= 11 is 0. The van der Waals surface area contributed by atoms with Crippen LogP contribution in [0, 0.1) is 0 Å². The summed E-state index contributed by atoms with van der Waals surface area (Å²) in [6, 6.07) is 10.8. The minimum absolute atomic E-state index is 0.134. The molecule has 2 aromatic rings. The third-order valence-corrected chi connectivity index (χ3v) is 3.64. The highest BCUT2D eigenvalue weighted by atomic mass is 16.5. The minimum Gasteiger partial charge on any atom is -0.426 e. The van der Waals surface area contributed by atoms with Crippen LogP contribution in [0.1, 0.15) is 39.5 Å². The molecule has 4 nitrogen and oxygen atoms in total. The van der Waals surface area contributed by atoms with Gasteiger partial charge in [-0.1, -0.05) is 30.3 Å². The molecule has 0 bridgehead atoms. The van der Waals surface area contributed by atoms with E-state index in [0.29, 0.717) is 23.1 Å². The maximum Gasteiger partial charge on any atom is 0.308 e. The second-order valence-electron chi connectivity index (χ2n) is 4.99. The first-order valence-electron chi connectivity index (χ1n) is 6.68. The molecule has 0 saturated carbocycles. The molecule has 0 aromatic heterocycles. The van der Waals surface area contributed by atoms with E-state index in [-0.39, 0.29) is 18.1 Å². The summed E-state index contributed by atoms with van der Waals surface area (Å²) in [6.45, 7) is 0.942. The minimum atomic E-state index is -0.478. The van der Waals surface area contributed by atoms with Crippen molar-refractivity contribution in [3.63, 3.8) is 0 Å². The van der Waals surface area contributed by atoms with Crippen molar-refractivity contribution in [3.05, 3.63) is 64.2 Å². The van der Waals surface area contributed by atoms with E-state index >= 15 is 0 Å². The maximum atomic E-state index is 12.7. The van der Waals surface area contributed by atoms with E-state index in [0.717, 1.165) is 11.1 Å². The van der Waals surface area contributed by atoms with E-state index in [2.05, 4.69) is 0 Å². The maximum absolute atomic E-state index is 12.7.